The third-order valence-corrected chi connectivity index (χ3v) is 6.03. The largest absolute Gasteiger partial charge is 0.369 e. The molecule has 1 saturated heterocycles. The van der Waals surface area contributed by atoms with E-state index in [1.54, 1.807) is 0 Å². The van der Waals surface area contributed by atoms with Crippen molar-refractivity contribution in [3.63, 3.8) is 0 Å². The maximum atomic E-state index is 13.6. The van der Waals surface area contributed by atoms with E-state index in [1.807, 2.05) is 16.8 Å². The van der Waals surface area contributed by atoms with Gasteiger partial charge in [-0.15, -0.1) is 5.10 Å². The van der Waals surface area contributed by atoms with Crippen LogP contribution in [0, 0.1) is 19.7 Å². The maximum Gasteiger partial charge on any atom is 0.173 e. The topological polar surface area (TPSA) is 50.1 Å². The van der Waals surface area contributed by atoms with Gasteiger partial charge in [0.2, 0.25) is 0 Å². The SMILES string of the molecule is Cc1cccc(N2CCN([C@H](c3ccc(F)cc3)c3nnnn3C(C)C)CC2)c1C. The first-order valence-electron chi connectivity index (χ1n) is 10.5. The Balaban J connectivity index is 1.62. The van der Waals surface area contributed by atoms with Crippen molar-refractivity contribution < 1.29 is 4.39 Å². The number of anilines is 1. The van der Waals surface area contributed by atoms with Crippen molar-refractivity contribution in [2.24, 2.45) is 0 Å². The molecule has 7 heteroatoms. The highest BCUT2D eigenvalue weighted by molar-refractivity contribution is 5.56. The molecule has 3 aromatic rings. The predicted molar refractivity (Wildman–Crippen MR) is 116 cm³/mol. The van der Waals surface area contributed by atoms with Crippen molar-refractivity contribution in [3.8, 4) is 0 Å². The van der Waals surface area contributed by atoms with Crippen LogP contribution in [0.1, 0.15) is 48.4 Å². The fourth-order valence-corrected chi connectivity index (χ4v) is 4.22. The Morgan fingerprint density at radius 3 is 2.30 bits per heavy atom. The summed E-state index contributed by atoms with van der Waals surface area (Å²) >= 11 is 0. The van der Waals surface area contributed by atoms with E-state index in [9.17, 15) is 4.39 Å². The molecule has 0 unspecified atom stereocenters. The second-order valence-corrected chi connectivity index (χ2v) is 8.27. The van der Waals surface area contributed by atoms with E-state index in [2.05, 4.69) is 71.2 Å². The van der Waals surface area contributed by atoms with Crippen LogP contribution in [0.4, 0.5) is 10.1 Å². The third-order valence-electron chi connectivity index (χ3n) is 6.03. The molecule has 4 rings (SSSR count). The normalized spacial score (nSPS) is 16.3. The summed E-state index contributed by atoms with van der Waals surface area (Å²) in [4.78, 5) is 4.85. The number of hydrogen-bond donors (Lipinski definition) is 0. The zero-order valence-corrected chi connectivity index (χ0v) is 18.1. The molecule has 1 aliphatic heterocycles. The van der Waals surface area contributed by atoms with Gasteiger partial charge in [0, 0.05) is 31.9 Å². The predicted octanol–water partition coefficient (Wildman–Crippen LogP) is 3.92. The number of tetrazole rings is 1. The monoisotopic (exact) mass is 408 g/mol. The molecule has 2 aromatic carbocycles. The summed E-state index contributed by atoms with van der Waals surface area (Å²) in [5.74, 6) is 0.567. The highest BCUT2D eigenvalue weighted by Gasteiger charge is 2.31. The van der Waals surface area contributed by atoms with Gasteiger partial charge in [-0.25, -0.2) is 9.07 Å². The Labute approximate surface area is 177 Å². The molecule has 1 aromatic heterocycles. The van der Waals surface area contributed by atoms with E-state index >= 15 is 0 Å². The van der Waals surface area contributed by atoms with Crippen molar-refractivity contribution in [2.45, 2.75) is 39.8 Å². The number of piperazine rings is 1. The van der Waals surface area contributed by atoms with Crippen molar-refractivity contribution >= 4 is 5.69 Å². The highest BCUT2D eigenvalue weighted by Crippen LogP contribution is 2.31. The van der Waals surface area contributed by atoms with Crippen LogP contribution < -0.4 is 4.90 Å². The molecule has 1 aliphatic rings. The van der Waals surface area contributed by atoms with Gasteiger partial charge in [0.15, 0.2) is 5.82 Å². The summed E-state index contributed by atoms with van der Waals surface area (Å²) in [6.45, 7) is 12.1. The smallest absolute Gasteiger partial charge is 0.173 e. The number of aromatic nitrogens is 4. The summed E-state index contributed by atoms with van der Waals surface area (Å²) < 4.78 is 15.5. The van der Waals surface area contributed by atoms with Gasteiger partial charge in [0.25, 0.3) is 0 Å². The number of rotatable bonds is 5. The molecule has 158 valence electrons. The average molecular weight is 409 g/mol. The van der Waals surface area contributed by atoms with Crippen molar-refractivity contribution in [1.82, 2.24) is 25.1 Å². The summed E-state index contributed by atoms with van der Waals surface area (Å²) in [6, 6.07) is 13.2. The number of halogens is 1. The van der Waals surface area contributed by atoms with Crippen LogP contribution in [0.2, 0.25) is 0 Å². The van der Waals surface area contributed by atoms with Crippen LogP contribution in [0.25, 0.3) is 0 Å². The zero-order chi connectivity index (χ0) is 21.3. The summed E-state index contributed by atoms with van der Waals surface area (Å²) in [7, 11) is 0. The number of nitrogens with zero attached hydrogens (tertiary/aromatic N) is 6. The Kier molecular flexibility index (Phi) is 5.81. The third kappa shape index (κ3) is 3.94. The van der Waals surface area contributed by atoms with Crippen molar-refractivity contribution in [2.75, 3.05) is 31.1 Å². The van der Waals surface area contributed by atoms with Crippen molar-refractivity contribution in [1.29, 1.82) is 0 Å². The lowest BCUT2D eigenvalue weighted by Crippen LogP contribution is -2.48. The lowest BCUT2D eigenvalue weighted by atomic mass is 10.0. The molecule has 0 bridgehead atoms. The molecule has 0 aliphatic carbocycles. The van der Waals surface area contributed by atoms with Crippen LogP contribution >= 0.6 is 0 Å². The molecule has 2 heterocycles. The Morgan fingerprint density at radius 2 is 1.63 bits per heavy atom. The quantitative estimate of drug-likeness (QED) is 0.640. The molecular weight excluding hydrogens is 379 g/mol. The number of benzene rings is 2. The summed E-state index contributed by atoms with van der Waals surface area (Å²) in [5, 5.41) is 12.5. The van der Waals surface area contributed by atoms with Gasteiger partial charge in [-0.2, -0.15) is 0 Å². The minimum atomic E-state index is -0.235. The van der Waals surface area contributed by atoms with Crippen LogP contribution in [0.15, 0.2) is 42.5 Å². The van der Waals surface area contributed by atoms with E-state index in [0.717, 1.165) is 37.6 Å². The molecule has 0 radical (unpaired) electrons. The minimum absolute atomic E-state index is 0.108. The van der Waals surface area contributed by atoms with Crippen LogP contribution in [-0.2, 0) is 0 Å². The second kappa shape index (κ2) is 8.52. The molecule has 0 saturated carbocycles. The molecule has 0 N–H and O–H groups in total. The van der Waals surface area contributed by atoms with E-state index in [1.165, 1.54) is 28.9 Å². The van der Waals surface area contributed by atoms with E-state index in [4.69, 9.17) is 0 Å². The van der Waals surface area contributed by atoms with Gasteiger partial charge < -0.3 is 4.90 Å². The van der Waals surface area contributed by atoms with Gasteiger partial charge in [0.1, 0.15) is 5.82 Å². The van der Waals surface area contributed by atoms with Gasteiger partial charge in [-0.1, -0.05) is 24.3 Å². The van der Waals surface area contributed by atoms with Crippen LogP contribution in [0.3, 0.4) is 0 Å². The molecule has 1 fully saturated rings. The average Bonchev–Trinajstić information content (AvgIpc) is 3.22. The van der Waals surface area contributed by atoms with E-state index < -0.39 is 0 Å². The highest BCUT2D eigenvalue weighted by atomic mass is 19.1. The Hall–Kier alpha value is -2.80. The first-order chi connectivity index (χ1) is 14.5. The molecule has 30 heavy (non-hydrogen) atoms. The second-order valence-electron chi connectivity index (χ2n) is 8.27. The molecule has 1 atom stereocenters. The Bertz CT molecular complexity index is 989. The minimum Gasteiger partial charge on any atom is -0.369 e. The zero-order valence-electron chi connectivity index (χ0n) is 18.1. The lowest BCUT2D eigenvalue weighted by molar-refractivity contribution is 0.199. The summed E-state index contributed by atoms with van der Waals surface area (Å²) in [6.07, 6.45) is 0. The molecular formula is C23H29FN6. The van der Waals surface area contributed by atoms with Crippen LogP contribution in [-0.4, -0.2) is 51.3 Å². The van der Waals surface area contributed by atoms with E-state index in [0.29, 0.717) is 0 Å². The van der Waals surface area contributed by atoms with Crippen molar-refractivity contribution in [3.05, 3.63) is 70.8 Å². The first kappa shape index (κ1) is 20.5. The molecule has 6 nitrogen and oxygen atoms in total. The van der Waals surface area contributed by atoms with Gasteiger partial charge in [-0.3, -0.25) is 4.90 Å². The Morgan fingerprint density at radius 1 is 0.933 bits per heavy atom. The fraction of sp³-hybridized carbons (Fsp3) is 0.435. The maximum absolute atomic E-state index is 13.6. The van der Waals surface area contributed by atoms with Gasteiger partial charge in [-0.05, 0) is 73.0 Å². The molecule has 0 spiro atoms. The summed E-state index contributed by atoms with van der Waals surface area (Å²) in [5.41, 5.74) is 4.97. The number of hydrogen-bond acceptors (Lipinski definition) is 5. The van der Waals surface area contributed by atoms with E-state index in [-0.39, 0.29) is 17.9 Å². The van der Waals surface area contributed by atoms with Gasteiger partial charge in [0.05, 0.1) is 12.1 Å². The number of aryl methyl sites for hydroxylation is 1. The fourth-order valence-electron chi connectivity index (χ4n) is 4.22. The molecule has 0 amide bonds. The lowest BCUT2D eigenvalue weighted by Gasteiger charge is -2.40. The standard InChI is InChI=1S/C23H29FN6/c1-16(2)30-23(25-26-27-30)22(19-8-10-20(24)11-9-19)29-14-12-28(13-15-29)21-7-5-6-17(3)18(21)4/h5-11,16,22H,12-15H2,1-4H3/t22-/m1/s1. The van der Waals surface area contributed by atoms with Gasteiger partial charge >= 0.3 is 0 Å². The van der Waals surface area contributed by atoms with Crippen LogP contribution in [0.5, 0.6) is 0 Å². The first-order valence-corrected chi connectivity index (χ1v) is 10.5.